The number of nitrogens with zero attached hydrogens (tertiary/aromatic N) is 2. The molecule has 37 heavy (non-hydrogen) atoms. The Labute approximate surface area is 217 Å². The highest BCUT2D eigenvalue weighted by Gasteiger charge is 2.21. The maximum atomic E-state index is 12.7. The summed E-state index contributed by atoms with van der Waals surface area (Å²) in [7, 11) is -3.88. The summed E-state index contributed by atoms with van der Waals surface area (Å²) in [5.74, 6) is -0.223. The Kier molecular flexibility index (Phi) is 7.97. The van der Waals surface area contributed by atoms with Crippen molar-refractivity contribution in [1.82, 2.24) is 14.9 Å². The molecule has 0 spiro atoms. The fourth-order valence-corrected chi connectivity index (χ4v) is 4.96. The van der Waals surface area contributed by atoms with Crippen molar-refractivity contribution in [3.8, 4) is 17.0 Å². The Morgan fingerprint density at radius 2 is 1.68 bits per heavy atom. The smallest absolute Gasteiger partial charge is 0.262 e. The van der Waals surface area contributed by atoms with Crippen molar-refractivity contribution in [2.45, 2.75) is 43.4 Å². The molecule has 0 saturated heterocycles. The van der Waals surface area contributed by atoms with Gasteiger partial charge < -0.3 is 20.1 Å². The van der Waals surface area contributed by atoms with Gasteiger partial charge in [-0.25, -0.2) is 13.4 Å². The zero-order valence-electron chi connectivity index (χ0n) is 20.9. The van der Waals surface area contributed by atoms with Gasteiger partial charge in [-0.1, -0.05) is 54.6 Å². The number of aromatic nitrogens is 2. The monoisotopic (exact) mass is 520 g/mol. The molecule has 4 aromatic rings. The van der Waals surface area contributed by atoms with E-state index < -0.39 is 16.1 Å². The van der Waals surface area contributed by atoms with E-state index in [0.717, 1.165) is 24.2 Å². The number of phenols is 1. The van der Waals surface area contributed by atoms with Crippen LogP contribution in [0.5, 0.6) is 5.75 Å². The van der Waals surface area contributed by atoms with E-state index in [1.807, 2.05) is 47.4 Å². The van der Waals surface area contributed by atoms with Crippen LogP contribution in [0.2, 0.25) is 0 Å². The van der Waals surface area contributed by atoms with Crippen LogP contribution >= 0.6 is 0 Å². The number of nitrogens with one attached hydrogen (secondary N) is 2. The highest BCUT2D eigenvalue weighted by molar-refractivity contribution is 7.92. The van der Waals surface area contributed by atoms with E-state index in [1.165, 1.54) is 24.3 Å². The molecule has 1 atom stereocenters. The Bertz CT molecular complexity index is 1420. The second-order valence-corrected chi connectivity index (χ2v) is 11.3. The van der Waals surface area contributed by atoms with Crippen molar-refractivity contribution in [3.63, 3.8) is 0 Å². The van der Waals surface area contributed by atoms with Crippen LogP contribution in [0.3, 0.4) is 0 Å². The molecule has 0 bridgehead atoms. The fraction of sp³-hybridized carbons (Fsp3) is 0.250. The number of aliphatic hydroxyl groups excluding tert-OH is 1. The van der Waals surface area contributed by atoms with E-state index >= 15 is 0 Å². The lowest BCUT2D eigenvalue weighted by Crippen LogP contribution is -2.42. The molecule has 0 saturated carbocycles. The topological polar surface area (TPSA) is 116 Å². The van der Waals surface area contributed by atoms with Crippen LogP contribution in [0.4, 0.5) is 5.69 Å². The number of imidazole rings is 1. The highest BCUT2D eigenvalue weighted by Crippen LogP contribution is 2.29. The van der Waals surface area contributed by atoms with Gasteiger partial charge in [-0.2, -0.15) is 0 Å². The third-order valence-corrected chi connectivity index (χ3v) is 7.56. The van der Waals surface area contributed by atoms with Crippen molar-refractivity contribution in [1.29, 1.82) is 0 Å². The Morgan fingerprint density at radius 1 is 1.00 bits per heavy atom. The van der Waals surface area contributed by atoms with Gasteiger partial charge in [0.15, 0.2) is 0 Å². The number of phenolic OH excluding ortho intramolecular Hbond substituents is 1. The summed E-state index contributed by atoms with van der Waals surface area (Å²) in [5.41, 5.74) is 2.20. The second-order valence-electron chi connectivity index (χ2n) is 9.59. The van der Waals surface area contributed by atoms with Crippen LogP contribution in [0.15, 0.2) is 96.3 Å². The number of hydrogen-bond donors (Lipinski definition) is 4. The van der Waals surface area contributed by atoms with Gasteiger partial charge in [-0.15, -0.1) is 0 Å². The third kappa shape index (κ3) is 6.97. The van der Waals surface area contributed by atoms with Crippen molar-refractivity contribution < 1.29 is 18.6 Å². The molecule has 0 aliphatic rings. The summed E-state index contributed by atoms with van der Waals surface area (Å²) in [6.07, 6.45) is 3.73. The minimum absolute atomic E-state index is 0.00833. The quantitative estimate of drug-likeness (QED) is 0.216. The SMILES string of the molecule is CC(C)(CCn1cnc(-c2ccccc2)c1)NCC(O)c1ccc(O)c(NS(=O)(=O)c2ccccc2)c1. The minimum Gasteiger partial charge on any atom is -0.506 e. The van der Waals surface area contributed by atoms with Gasteiger partial charge in [-0.05, 0) is 50.1 Å². The molecule has 0 radical (unpaired) electrons. The Morgan fingerprint density at radius 3 is 2.38 bits per heavy atom. The summed E-state index contributed by atoms with van der Waals surface area (Å²) < 4.78 is 29.8. The van der Waals surface area contributed by atoms with Gasteiger partial charge >= 0.3 is 0 Å². The molecule has 4 rings (SSSR count). The number of β-amino-alcohol motifs (C(OH)–C–C–N with tert-alkyl or cyclic N) is 1. The van der Waals surface area contributed by atoms with Gasteiger partial charge in [0.2, 0.25) is 0 Å². The molecule has 0 aliphatic heterocycles. The largest absolute Gasteiger partial charge is 0.506 e. The number of hydrogen-bond acceptors (Lipinski definition) is 6. The molecule has 4 N–H and O–H groups in total. The first-order valence-corrected chi connectivity index (χ1v) is 13.5. The second kappa shape index (κ2) is 11.2. The predicted octanol–water partition coefficient (Wildman–Crippen LogP) is 4.55. The van der Waals surface area contributed by atoms with Gasteiger partial charge in [0.25, 0.3) is 10.0 Å². The number of rotatable bonds is 11. The number of aryl methyl sites for hydroxylation is 1. The van der Waals surface area contributed by atoms with Crippen molar-refractivity contribution in [2.24, 2.45) is 0 Å². The average Bonchev–Trinajstić information content (AvgIpc) is 3.38. The van der Waals surface area contributed by atoms with Gasteiger partial charge in [0.1, 0.15) is 5.75 Å². The predicted molar refractivity (Wildman–Crippen MR) is 145 cm³/mol. The standard InChI is InChI=1S/C28H32N4O4S/c1-28(2,15-16-32-19-25(29-20-32)21-9-5-3-6-10-21)30-18-27(34)22-13-14-26(33)24(17-22)31-37(35,36)23-11-7-4-8-12-23/h3-14,17,19-20,27,30-31,33-34H,15-16,18H2,1-2H3. The zero-order chi connectivity index (χ0) is 26.5. The third-order valence-electron chi connectivity index (χ3n) is 6.17. The van der Waals surface area contributed by atoms with E-state index in [-0.39, 0.29) is 28.4 Å². The lowest BCUT2D eigenvalue weighted by Gasteiger charge is -2.28. The zero-order valence-corrected chi connectivity index (χ0v) is 21.7. The Balaban J connectivity index is 1.35. The van der Waals surface area contributed by atoms with E-state index in [2.05, 4.69) is 28.9 Å². The summed E-state index contributed by atoms with van der Waals surface area (Å²) in [5, 5.41) is 24.4. The van der Waals surface area contributed by atoms with Gasteiger partial charge in [-0.3, -0.25) is 4.72 Å². The molecule has 0 amide bonds. The van der Waals surface area contributed by atoms with E-state index in [0.29, 0.717) is 5.56 Å². The molecule has 1 heterocycles. The molecule has 9 heteroatoms. The van der Waals surface area contributed by atoms with E-state index in [9.17, 15) is 18.6 Å². The fourth-order valence-electron chi connectivity index (χ4n) is 3.87. The van der Waals surface area contributed by atoms with Gasteiger partial charge in [0, 0.05) is 30.4 Å². The molecular weight excluding hydrogens is 488 g/mol. The van der Waals surface area contributed by atoms with Crippen LogP contribution in [0.1, 0.15) is 31.9 Å². The first-order valence-electron chi connectivity index (χ1n) is 12.0. The normalized spacial score (nSPS) is 12.8. The van der Waals surface area contributed by atoms with Crippen LogP contribution in [-0.2, 0) is 16.6 Å². The number of aliphatic hydroxyl groups is 1. The highest BCUT2D eigenvalue weighted by atomic mass is 32.2. The van der Waals surface area contributed by atoms with Crippen LogP contribution in [-0.4, -0.2) is 40.3 Å². The van der Waals surface area contributed by atoms with Crippen molar-refractivity contribution in [2.75, 3.05) is 11.3 Å². The summed E-state index contributed by atoms with van der Waals surface area (Å²) in [6.45, 7) is 5.12. The Hall–Kier alpha value is -3.66. The first kappa shape index (κ1) is 26.4. The number of aromatic hydroxyl groups is 1. The molecular formula is C28H32N4O4S. The summed E-state index contributed by atoms with van der Waals surface area (Å²) >= 11 is 0. The number of benzene rings is 3. The van der Waals surface area contributed by atoms with Gasteiger partial charge in [0.05, 0.1) is 28.7 Å². The lowest BCUT2D eigenvalue weighted by atomic mass is 9.99. The van der Waals surface area contributed by atoms with E-state index in [4.69, 9.17) is 0 Å². The maximum absolute atomic E-state index is 12.7. The molecule has 1 aromatic heterocycles. The molecule has 194 valence electrons. The number of anilines is 1. The maximum Gasteiger partial charge on any atom is 0.262 e. The van der Waals surface area contributed by atoms with Crippen LogP contribution < -0.4 is 10.0 Å². The molecule has 8 nitrogen and oxygen atoms in total. The van der Waals surface area contributed by atoms with Crippen molar-refractivity contribution in [3.05, 3.63) is 97.0 Å². The van der Waals surface area contributed by atoms with Crippen molar-refractivity contribution >= 4 is 15.7 Å². The van der Waals surface area contributed by atoms with Crippen LogP contribution in [0.25, 0.3) is 11.3 Å². The summed E-state index contributed by atoms with van der Waals surface area (Å²) in [6, 6.07) is 22.3. The lowest BCUT2D eigenvalue weighted by molar-refractivity contribution is 0.158. The average molecular weight is 521 g/mol. The van der Waals surface area contributed by atoms with Crippen LogP contribution in [0, 0.1) is 0 Å². The first-order chi connectivity index (χ1) is 17.6. The van der Waals surface area contributed by atoms with E-state index in [1.54, 1.807) is 24.3 Å². The summed E-state index contributed by atoms with van der Waals surface area (Å²) in [4.78, 5) is 4.58. The minimum atomic E-state index is -3.88. The molecule has 3 aromatic carbocycles. The molecule has 0 aliphatic carbocycles. The molecule has 0 fully saturated rings. The molecule has 1 unspecified atom stereocenters. The number of sulfonamides is 1.